The lowest BCUT2D eigenvalue weighted by Crippen LogP contribution is -2.05. The molecule has 0 bridgehead atoms. The van der Waals surface area contributed by atoms with Crippen LogP contribution >= 0.6 is 11.6 Å². The molecule has 0 radical (unpaired) electrons. The van der Waals surface area contributed by atoms with Crippen molar-refractivity contribution in [2.75, 3.05) is 5.88 Å². The minimum absolute atomic E-state index is 0.0360. The van der Waals surface area contributed by atoms with Gasteiger partial charge in [0.25, 0.3) is 0 Å². The van der Waals surface area contributed by atoms with Crippen LogP contribution in [0, 0.1) is 0 Å². The van der Waals surface area contributed by atoms with Crippen LogP contribution in [0.1, 0.15) is 15.9 Å². The number of ketones is 1. The van der Waals surface area contributed by atoms with E-state index in [-0.39, 0.29) is 11.7 Å². The van der Waals surface area contributed by atoms with Crippen LogP contribution in [0.15, 0.2) is 54.6 Å². The van der Waals surface area contributed by atoms with Gasteiger partial charge in [-0.15, -0.1) is 11.6 Å². The molecule has 2 aromatic carbocycles. The highest BCUT2D eigenvalue weighted by molar-refractivity contribution is 6.30. The summed E-state index contributed by atoms with van der Waals surface area (Å²) in [6.07, 6.45) is 0. The zero-order valence-corrected chi connectivity index (χ0v) is 10.6. The highest BCUT2D eigenvalue weighted by Gasteiger charge is 2.10. The van der Waals surface area contributed by atoms with E-state index in [0.29, 0.717) is 17.9 Å². The molecule has 0 saturated carbocycles. The molecule has 0 aliphatic rings. The van der Waals surface area contributed by atoms with Crippen LogP contribution in [0.4, 0.5) is 0 Å². The summed E-state index contributed by atoms with van der Waals surface area (Å²) in [5, 5.41) is 0. The summed E-state index contributed by atoms with van der Waals surface area (Å²) in [6, 6.07) is 17.0. The largest absolute Gasteiger partial charge is 0.488 e. The summed E-state index contributed by atoms with van der Waals surface area (Å²) < 4.78 is 5.67. The molecule has 0 N–H and O–H groups in total. The molecule has 0 unspecified atom stereocenters. The predicted octanol–water partition coefficient (Wildman–Crippen LogP) is 3.69. The second-order valence-corrected chi connectivity index (χ2v) is 4.09. The van der Waals surface area contributed by atoms with Crippen molar-refractivity contribution in [1.82, 2.24) is 0 Å². The van der Waals surface area contributed by atoms with E-state index in [4.69, 9.17) is 16.3 Å². The van der Waals surface area contributed by atoms with Gasteiger partial charge in [-0.3, -0.25) is 4.79 Å². The van der Waals surface area contributed by atoms with Gasteiger partial charge >= 0.3 is 0 Å². The number of carbonyl (C=O) groups excluding carboxylic acids is 1. The molecule has 0 atom stereocenters. The molecule has 3 heteroatoms. The molecule has 18 heavy (non-hydrogen) atoms. The van der Waals surface area contributed by atoms with Gasteiger partial charge in [-0.05, 0) is 17.7 Å². The second kappa shape index (κ2) is 6.22. The van der Waals surface area contributed by atoms with Gasteiger partial charge in [0, 0.05) is 0 Å². The Morgan fingerprint density at radius 2 is 1.67 bits per heavy atom. The fourth-order valence-electron chi connectivity index (χ4n) is 1.63. The average molecular weight is 261 g/mol. The quantitative estimate of drug-likeness (QED) is 0.605. The highest BCUT2D eigenvalue weighted by Crippen LogP contribution is 2.20. The molecule has 0 heterocycles. The van der Waals surface area contributed by atoms with Crippen molar-refractivity contribution in [3.63, 3.8) is 0 Å². The molecule has 2 aromatic rings. The average Bonchev–Trinajstić information content (AvgIpc) is 2.45. The molecule has 2 rings (SSSR count). The number of ether oxygens (including phenoxy) is 1. The van der Waals surface area contributed by atoms with Crippen molar-refractivity contribution in [3.05, 3.63) is 65.7 Å². The van der Waals surface area contributed by atoms with Crippen LogP contribution < -0.4 is 4.74 Å². The summed E-state index contributed by atoms with van der Waals surface area (Å²) in [6.45, 7) is 0.438. The third-order valence-electron chi connectivity index (χ3n) is 2.55. The smallest absolute Gasteiger partial charge is 0.181 e. The second-order valence-electron chi connectivity index (χ2n) is 3.83. The first kappa shape index (κ1) is 12.7. The Morgan fingerprint density at radius 3 is 2.39 bits per heavy atom. The van der Waals surface area contributed by atoms with Crippen molar-refractivity contribution >= 4 is 17.4 Å². The lowest BCUT2D eigenvalue weighted by Gasteiger charge is -2.09. The molecule has 0 saturated heterocycles. The van der Waals surface area contributed by atoms with Crippen molar-refractivity contribution in [3.8, 4) is 5.75 Å². The monoisotopic (exact) mass is 260 g/mol. The number of benzene rings is 2. The Balaban J connectivity index is 2.12. The SMILES string of the molecule is O=C(CCl)c1ccccc1OCc1ccccc1. The first-order valence-electron chi connectivity index (χ1n) is 5.66. The summed E-state index contributed by atoms with van der Waals surface area (Å²) in [5.41, 5.74) is 1.59. The Kier molecular flexibility index (Phi) is 4.37. The molecule has 0 aliphatic heterocycles. The van der Waals surface area contributed by atoms with Gasteiger partial charge in [-0.25, -0.2) is 0 Å². The van der Waals surface area contributed by atoms with Crippen molar-refractivity contribution in [2.45, 2.75) is 6.61 Å². The highest BCUT2D eigenvalue weighted by atomic mass is 35.5. The molecule has 0 spiro atoms. The van der Waals surface area contributed by atoms with Crippen LogP contribution in [-0.4, -0.2) is 11.7 Å². The lowest BCUT2D eigenvalue weighted by molar-refractivity contribution is 0.101. The van der Waals surface area contributed by atoms with Crippen molar-refractivity contribution in [1.29, 1.82) is 0 Å². The Bertz CT molecular complexity index is 523. The summed E-state index contributed by atoms with van der Waals surface area (Å²) in [7, 11) is 0. The maximum absolute atomic E-state index is 11.6. The number of Topliss-reactive ketones (excluding diaryl/α,β-unsaturated/α-hetero) is 1. The zero-order valence-electron chi connectivity index (χ0n) is 9.80. The van der Waals surface area contributed by atoms with Crippen LogP contribution in [0.3, 0.4) is 0 Å². The van der Waals surface area contributed by atoms with Gasteiger partial charge in [-0.1, -0.05) is 42.5 Å². The number of hydrogen-bond acceptors (Lipinski definition) is 2. The molecule has 0 aromatic heterocycles. The van der Waals surface area contributed by atoms with E-state index >= 15 is 0 Å². The molecular formula is C15H13ClO2. The summed E-state index contributed by atoms with van der Waals surface area (Å²) in [5.74, 6) is 0.415. The van der Waals surface area contributed by atoms with Gasteiger partial charge in [0.1, 0.15) is 12.4 Å². The van der Waals surface area contributed by atoms with E-state index in [1.54, 1.807) is 18.2 Å². The van der Waals surface area contributed by atoms with Crippen molar-refractivity contribution in [2.24, 2.45) is 0 Å². The van der Waals surface area contributed by atoms with E-state index in [2.05, 4.69) is 0 Å². The van der Waals surface area contributed by atoms with Crippen LogP contribution in [0.2, 0.25) is 0 Å². The van der Waals surface area contributed by atoms with Crippen molar-refractivity contribution < 1.29 is 9.53 Å². The summed E-state index contributed by atoms with van der Waals surface area (Å²) >= 11 is 5.57. The van der Waals surface area contributed by atoms with Crippen LogP contribution in [-0.2, 0) is 6.61 Å². The topological polar surface area (TPSA) is 26.3 Å². The third kappa shape index (κ3) is 3.11. The number of rotatable bonds is 5. The van der Waals surface area contributed by atoms with E-state index in [1.807, 2.05) is 36.4 Å². The Labute approximate surface area is 111 Å². The number of carbonyl (C=O) groups is 1. The normalized spacial score (nSPS) is 10.1. The first-order chi connectivity index (χ1) is 8.81. The maximum Gasteiger partial charge on any atom is 0.181 e. The third-order valence-corrected chi connectivity index (χ3v) is 2.79. The number of halogens is 1. The zero-order chi connectivity index (χ0) is 12.8. The minimum Gasteiger partial charge on any atom is -0.488 e. The fourth-order valence-corrected chi connectivity index (χ4v) is 1.77. The minimum atomic E-state index is -0.125. The van der Waals surface area contributed by atoms with E-state index in [9.17, 15) is 4.79 Å². The molecule has 0 amide bonds. The van der Waals surface area contributed by atoms with E-state index in [1.165, 1.54) is 0 Å². The first-order valence-corrected chi connectivity index (χ1v) is 6.19. The number of alkyl halides is 1. The fraction of sp³-hybridized carbons (Fsp3) is 0.133. The Hall–Kier alpha value is -1.80. The molecular weight excluding hydrogens is 248 g/mol. The molecule has 92 valence electrons. The van der Waals surface area contributed by atoms with Gasteiger partial charge in [0.15, 0.2) is 5.78 Å². The van der Waals surface area contributed by atoms with Gasteiger partial charge in [0.05, 0.1) is 11.4 Å². The van der Waals surface area contributed by atoms with E-state index < -0.39 is 0 Å². The summed E-state index contributed by atoms with van der Waals surface area (Å²) in [4.78, 5) is 11.6. The molecule has 0 fully saturated rings. The van der Waals surface area contributed by atoms with Gasteiger partial charge < -0.3 is 4.74 Å². The van der Waals surface area contributed by atoms with Crippen LogP contribution in [0.5, 0.6) is 5.75 Å². The lowest BCUT2D eigenvalue weighted by atomic mass is 10.1. The Morgan fingerprint density at radius 1 is 1.00 bits per heavy atom. The number of para-hydroxylation sites is 1. The van der Waals surface area contributed by atoms with Gasteiger partial charge in [-0.2, -0.15) is 0 Å². The van der Waals surface area contributed by atoms with E-state index in [0.717, 1.165) is 5.56 Å². The van der Waals surface area contributed by atoms with Gasteiger partial charge in [0.2, 0.25) is 0 Å². The standard InChI is InChI=1S/C15H13ClO2/c16-10-14(17)13-8-4-5-9-15(13)18-11-12-6-2-1-3-7-12/h1-9H,10-11H2. The predicted molar refractivity (Wildman–Crippen MR) is 72.3 cm³/mol. The number of hydrogen-bond donors (Lipinski definition) is 0. The molecule has 2 nitrogen and oxygen atoms in total. The molecule has 0 aliphatic carbocycles. The van der Waals surface area contributed by atoms with Crippen LogP contribution in [0.25, 0.3) is 0 Å². The maximum atomic E-state index is 11.6.